The Morgan fingerprint density at radius 3 is 2.50 bits per heavy atom. The molecule has 7 heteroatoms. The average Bonchev–Trinajstić information content (AvgIpc) is 3.22. The SMILES string of the molecule is O=C(C=Cc1ccc(-c2ccccc2Cl)s1)N1CCN(c2ncccn2)CC1. The van der Waals surface area contributed by atoms with Crippen molar-refractivity contribution in [3.8, 4) is 10.4 Å². The van der Waals surface area contributed by atoms with Gasteiger partial charge in [0.15, 0.2) is 0 Å². The summed E-state index contributed by atoms with van der Waals surface area (Å²) in [4.78, 5) is 27.1. The molecule has 3 aromatic rings. The van der Waals surface area contributed by atoms with Crippen LogP contribution in [0.25, 0.3) is 16.5 Å². The minimum atomic E-state index is 0.0290. The Morgan fingerprint density at radius 2 is 1.75 bits per heavy atom. The first kappa shape index (κ1) is 18.7. The summed E-state index contributed by atoms with van der Waals surface area (Å²) < 4.78 is 0. The van der Waals surface area contributed by atoms with Crippen LogP contribution in [0.1, 0.15) is 4.88 Å². The molecule has 5 nitrogen and oxygen atoms in total. The lowest BCUT2D eigenvalue weighted by Gasteiger charge is -2.34. The van der Waals surface area contributed by atoms with Crippen molar-refractivity contribution in [1.82, 2.24) is 14.9 Å². The van der Waals surface area contributed by atoms with Crippen LogP contribution < -0.4 is 4.90 Å². The second kappa shape index (κ2) is 8.54. The summed E-state index contributed by atoms with van der Waals surface area (Å²) in [6.07, 6.45) is 7.00. The third kappa shape index (κ3) is 4.24. The monoisotopic (exact) mass is 410 g/mol. The van der Waals surface area contributed by atoms with Crippen molar-refractivity contribution < 1.29 is 4.79 Å². The quantitative estimate of drug-likeness (QED) is 0.604. The van der Waals surface area contributed by atoms with Crippen LogP contribution in [0, 0.1) is 0 Å². The van der Waals surface area contributed by atoms with Gasteiger partial charge >= 0.3 is 0 Å². The summed E-state index contributed by atoms with van der Waals surface area (Å²) in [5, 5.41) is 0.733. The Kier molecular flexibility index (Phi) is 5.69. The highest BCUT2D eigenvalue weighted by atomic mass is 35.5. The Morgan fingerprint density at radius 1 is 1.00 bits per heavy atom. The topological polar surface area (TPSA) is 49.3 Å². The summed E-state index contributed by atoms with van der Waals surface area (Å²) in [6.45, 7) is 2.80. The number of hydrogen-bond donors (Lipinski definition) is 0. The molecule has 3 heterocycles. The maximum absolute atomic E-state index is 12.5. The Bertz CT molecular complexity index is 981. The lowest BCUT2D eigenvalue weighted by molar-refractivity contribution is -0.126. The van der Waals surface area contributed by atoms with Crippen molar-refractivity contribution >= 4 is 40.9 Å². The molecule has 1 amide bonds. The standard InChI is InChI=1S/C21H19ClN4OS/c22-18-5-2-1-4-17(18)19-8-6-16(28-19)7-9-20(27)25-12-14-26(15-13-25)21-23-10-3-11-24-21/h1-11H,12-15H2. The van der Waals surface area contributed by atoms with Crippen LogP contribution in [0.15, 0.2) is 60.9 Å². The number of rotatable bonds is 4. The summed E-state index contributed by atoms with van der Waals surface area (Å²) in [5.74, 6) is 0.747. The van der Waals surface area contributed by atoms with Gasteiger partial charge in [-0.1, -0.05) is 29.8 Å². The third-order valence-electron chi connectivity index (χ3n) is 4.58. The molecule has 0 radical (unpaired) electrons. The van der Waals surface area contributed by atoms with Gasteiger partial charge in [-0.05, 0) is 30.3 Å². The maximum atomic E-state index is 12.5. The minimum Gasteiger partial charge on any atom is -0.337 e. The van der Waals surface area contributed by atoms with E-state index in [1.807, 2.05) is 47.4 Å². The number of anilines is 1. The van der Waals surface area contributed by atoms with Gasteiger partial charge in [0, 0.05) is 65.0 Å². The van der Waals surface area contributed by atoms with E-state index in [9.17, 15) is 4.79 Å². The number of nitrogens with zero attached hydrogens (tertiary/aromatic N) is 4. The van der Waals surface area contributed by atoms with Crippen molar-refractivity contribution in [2.24, 2.45) is 0 Å². The molecule has 2 aromatic heterocycles. The smallest absolute Gasteiger partial charge is 0.246 e. The first-order valence-electron chi connectivity index (χ1n) is 9.04. The number of thiophene rings is 1. The molecule has 1 aliphatic heterocycles. The predicted octanol–water partition coefficient (Wildman–Crippen LogP) is 4.22. The second-order valence-electron chi connectivity index (χ2n) is 6.38. The van der Waals surface area contributed by atoms with Crippen LogP contribution in [0.5, 0.6) is 0 Å². The van der Waals surface area contributed by atoms with Gasteiger partial charge in [-0.25, -0.2) is 9.97 Å². The van der Waals surface area contributed by atoms with E-state index in [1.165, 1.54) is 0 Å². The molecule has 1 fully saturated rings. The molecule has 1 saturated heterocycles. The second-order valence-corrected chi connectivity index (χ2v) is 7.90. The van der Waals surface area contributed by atoms with Crippen LogP contribution in [0.3, 0.4) is 0 Å². The number of piperazine rings is 1. The highest BCUT2D eigenvalue weighted by Gasteiger charge is 2.21. The summed E-state index contributed by atoms with van der Waals surface area (Å²) in [7, 11) is 0. The normalized spacial score (nSPS) is 14.6. The van der Waals surface area contributed by atoms with Gasteiger partial charge in [0.05, 0.1) is 0 Å². The molecule has 1 aliphatic rings. The first-order chi connectivity index (χ1) is 13.7. The molecule has 0 aliphatic carbocycles. The molecule has 142 valence electrons. The van der Waals surface area contributed by atoms with Crippen molar-refractivity contribution in [2.45, 2.75) is 0 Å². The molecule has 28 heavy (non-hydrogen) atoms. The van der Waals surface area contributed by atoms with Crippen molar-refractivity contribution in [2.75, 3.05) is 31.1 Å². The van der Waals surface area contributed by atoms with Gasteiger partial charge in [-0.15, -0.1) is 11.3 Å². The van der Waals surface area contributed by atoms with Gasteiger partial charge in [-0.3, -0.25) is 4.79 Å². The molecule has 0 saturated carbocycles. The summed E-state index contributed by atoms with van der Waals surface area (Å²) in [6, 6.07) is 13.6. The number of halogens is 1. The Balaban J connectivity index is 1.36. The zero-order chi connectivity index (χ0) is 19.3. The van der Waals surface area contributed by atoms with E-state index in [-0.39, 0.29) is 5.91 Å². The lowest BCUT2D eigenvalue weighted by Crippen LogP contribution is -2.48. The number of carbonyl (C=O) groups is 1. The van der Waals surface area contributed by atoms with Gasteiger partial charge in [0.2, 0.25) is 11.9 Å². The number of amides is 1. The third-order valence-corrected chi connectivity index (χ3v) is 6.00. The van der Waals surface area contributed by atoms with Crippen LogP contribution in [0.2, 0.25) is 5.02 Å². The fourth-order valence-electron chi connectivity index (χ4n) is 3.09. The van der Waals surface area contributed by atoms with E-state index in [0.29, 0.717) is 13.1 Å². The van der Waals surface area contributed by atoms with Crippen LogP contribution in [-0.4, -0.2) is 47.0 Å². The van der Waals surface area contributed by atoms with E-state index < -0.39 is 0 Å². The lowest BCUT2D eigenvalue weighted by atomic mass is 10.2. The predicted molar refractivity (Wildman–Crippen MR) is 115 cm³/mol. The van der Waals surface area contributed by atoms with E-state index in [0.717, 1.165) is 39.4 Å². The van der Waals surface area contributed by atoms with E-state index in [2.05, 4.69) is 14.9 Å². The van der Waals surface area contributed by atoms with Crippen molar-refractivity contribution in [3.63, 3.8) is 0 Å². The van der Waals surface area contributed by atoms with Gasteiger partial charge in [0.25, 0.3) is 0 Å². The number of carbonyl (C=O) groups excluding carboxylic acids is 1. The van der Waals surface area contributed by atoms with Gasteiger partial charge in [-0.2, -0.15) is 0 Å². The number of aromatic nitrogens is 2. The van der Waals surface area contributed by atoms with Crippen molar-refractivity contribution in [3.05, 3.63) is 70.8 Å². The fourth-order valence-corrected chi connectivity index (χ4v) is 4.33. The fraction of sp³-hybridized carbons (Fsp3) is 0.190. The number of hydrogen-bond acceptors (Lipinski definition) is 5. The van der Waals surface area contributed by atoms with Crippen LogP contribution >= 0.6 is 22.9 Å². The minimum absolute atomic E-state index is 0.0290. The zero-order valence-corrected chi connectivity index (χ0v) is 16.7. The summed E-state index contributed by atoms with van der Waals surface area (Å²) >= 11 is 7.89. The molecular weight excluding hydrogens is 392 g/mol. The van der Waals surface area contributed by atoms with E-state index >= 15 is 0 Å². The number of benzene rings is 1. The Hall–Kier alpha value is -2.70. The van der Waals surface area contributed by atoms with Crippen LogP contribution in [0.4, 0.5) is 5.95 Å². The molecule has 0 unspecified atom stereocenters. The summed E-state index contributed by atoms with van der Waals surface area (Å²) in [5.41, 5.74) is 1.01. The van der Waals surface area contributed by atoms with Gasteiger partial charge in [0.1, 0.15) is 0 Å². The van der Waals surface area contributed by atoms with Gasteiger partial charge < -0.3 is 9.80 Å². The largest absolute Gasteiger partial charge is 0.337 e. The molecule has 0 spiro atoms. The molecule has 1 aromatic carbocycles. The van der Waals surface area contributed by atoms with Crippen LogP contribution in [-0.2, 0) is 4.79 Å². The van der Waals surface area contributed by atoms with E-state index in [1.54, 1.807) is 35.9 Å². The maximum Gasteiger partial charge on any atom is 0.246 e. The zero-order valence-electron chi connectivity index (χ0n) is 15.2. The molecule has 4 rings (SSSR count). The van der Waals surface area contributed by atoms with E-state index in [4.69, 9.17) is 11.6 Å². The highest BCUT2D eigenvalue weighted by molar-refractivity contribution is 7.16. The molecule has 0 N–H and O–H groups in total. The highest BCUT2D eigenvalue weighted by Crippen LogP contribution is 2.33. The first-order valence-corrected chi connectivity index (χ1v) is 10.2. The average molecular weight is 411 g/mol. The molecule has 0 bridgehead atoms. The Labute approximate surface area is 172 Å². The van der Waals surface area contributed by atoms with Crippen molar-refractivity contribution in [1.29, 1.82) is 0 Å². The molecule has 0 atom stereocenters. The molecular formula is C21H19ClN4OS.